The average Bonchev–Trinajstić information content (AvgIpc) is 2.91. The summed E-state index contributed by atoms with van der Waals surface area (Å²) in [7, 11) is 1.86. The molecular formula is C16H21N5O. The monoisotopic (exact) mass is 299 g/mol. The Labute approximate surface area is 129 Å². The van der Waals surface area contributed by atoms with Crippen LogP contribution in [-0.4, -0.2) is 31.9 Å². The summed E-state index contributed by atoms with van der Waals surface area (Å²) in [5, 5.41) is 14.5. The maximum absolute atomic E-state index is 12.6. The number of rotatable bonds is 3. The Morgan fingerprint density at radius 1 is 1.41 bits per heavy atom. The number of aromatic amines is 1. The fourth-order valence-corrected chi connectivity index (χ4v) is 3.80. The number of aromatic nitrogens is 4. The van der Waals surface area contributed by atoms with E-state index in [2.05, 4.69) is 20.6 Å². The van der Waals surface area contributed by atoms with Crippen LogP contribution in [0.25, 0.3) is 11.4 Å². The summed E-state index contributed by atoms with van der Waals surface area (Å²) in [6, 6.07) is 2.22. The van der Waals surface area contributed by atoms with Gasteiger partial charge >= 0.3 is 0 Å². The molecular weight excluding hydrogens is 278 g/mol. The second kappa shape index (κ2) is 4.97. The number of hydrogen-bond donors (Lipinski definition) is 2. The highest BCUT2D eigenvalue weighted by Crippen LogP contribution is 2.56. The van der Waals surface area contributed by atoms with E-state index >= 15 is 0 Å². The molecule has 6 heteroatoms. The van der Waals surface area contributed by atoms with Crippen molar-refractivity contribution in [1.29, 1.82) is 0 Å². The van der Waals surface area contributed by atoms with Gasteiger partial charge < -0.3 is 5.32 Å². The lowest BCUT2D eigenvalue weighted by Gasteiger charge is -2.22. The smallest absolute Gasteiger partial charge is 0.255 e. The zero-order valence-electron chi connectivity index (χ0n) is 12.8. The molecule has 2 heterocycles. The van der Waals surface area contributed by atoms with Crippen LogP contribution in [0.15, 0.2) is 18.5 Å². The van der Waals surface area contributed by atoms with Crippen LogP contribution in [0.1, 0.15) is 48.9 Å². The third kappa shape index (κ3) is 2.23. The van der Waals surface area contributed by atoms with Gasteiger partial charge in [-0.2, -0.15) is 10.2 Å². The molecule has 116 valence electrons. The van der Waals surface area contributed by atoms with Crippen LogP contribution in [0, 0.1) is 5.41 Å². The van der Waals surface area contributed by atoms with Crippen LogP contribution in [-0.2, 0) is 7.05 Å². The van der Waals surface area contributed by atoms with Crippen molar-refractivity contribution in [2.75, 3.05) is 0 Å². The fraction of sp³-hybridized carbons (Fsp3) is 0.562. The van der Waals surface area contributed by atoms with Crippen molar-refractivity contribution in [3.63, 3.8) is 0 Å². The molecule has 0 radical (unpaired) electrons. The van der Waals surface area contributed by atoms with Crippen molar-refractivity contribution in [2.45, 2.75) is 44.6 Å². The van der Waals surface area contributed by atoms with Gasteiger partial charge in [0.2, 0.25) is 0 Å². The quantitative estimate of drug-likeness (QED) is 0.913. The van der Waals surface area contributed by atoms with Gasteiger partial charge in [-0.1, -0.05) is 19.3 Å². The van der Waals surface area contributed by atoms with E-state index < -0.39 is 0 Å². The van der Waals surface area contributed by atoms with E-state index in [9.17, 15) is 4.79 Å². The number of hydrogen-bond acceptors (Lipinski definition) is 3. The minimum atomic E-state index is -0.0400. The van der Waals surface area contributed by atoms with E-state index in [1.807, 2.05) is 19.3 Å². The first-order chi connectivity index (χ1) is 10.7. The van der Waals surface area contributed by atoms with Crippen LogP contribution in [0.3, 0.4) is 0 Å². The van der Waals surface area contributed by atoms with Crippen LogP contribution in [0.2, 0.25) is 0 Å². The molecule has 1 unspecified atom stereocenters. The topological polar surface area (TPSA) is 75.6 Å². The maximum Gasteiger partial charge on any atom is 0.255 e. The number of amides is 1. The van der Waals surface area contributed by atoms with Crippen molar-refractivity contribution >= 4 is 5.91 Å². The largest absolute Gasteiger partial charge is 0.349 e. The predicted molar refractivity (Wildman–Crippen MR) is 82.2 cm³/mol. The van der Waals surface area contributed by atoms with E-state index in [1.165, 1.54) is 32.1 Å². The Balaban J connectivity index is 1.49. The van der Waals surface area contributed by atoms with Gasteiger partial charge in [0.1, 0.15) is 5.69 Å². The second-order valence-electron chi connectivity index (χ2n) is 6.69. The van der Waals surface area contributed by atoms with Crippen molar-refractivity contribution in [1.82, 2.24) is 25.3 Å². The highest BCUT2D eigenvalue weighted by molar-refractivity contribution is 5.99. The number of H-pyrrole nitrogens is 1. The SMILES string of the molecule is Cn1ccc(-c2[nH]ncc2C(=O)NC2CC23CCCCC3)n1. The molecule has 1 amide bonds. The Morgan fingerprint density at radius 2 is 2.23 bits per heavy atom. The highest BCUT2D eigenvalue weighted by Gasteiger charge is 2.54. The molecule has 2 aliphatic rings. The molecule has 4 rings (SSSR count). The lowest BCUT2D eigenvalue weighted by Crippen LogP contribution is -2.30. The molecule has 2 aliphatic carbocycles. The van der Waals surface area contributed by atoms with Crippen LogP contribution < -0.4 is 5.32 Å². The minimum absolute atomic E-state index is 0.0400. The first-order valence-electron chi connectivity index (χ1n) is 8.02. The van der Waals surface area contributed by atoms with Crippen LogP contribution in [0.4, 0.5) is 0 Å². The minimum Gasteiger partial charge on any atom is -0.349 e. The summed E-state index contributed by atoms with van der Waals surface area (Å²) in [4.78, 5) is 12.6. The molecule has 2 aromatic rings. The van der Waals surface area contributed by atoms with Crippen LogP contribution >= 0.6 is 0 Å². The van der Waals surface area contributed by atoms with Gasteiger partial charge in [-0.3, -0.25) is 14.6 Å². The van der Waals surface area contributed by atoms with Gasteiger partial charge in [0.05, 0.1) is 17.5 Å². The molecule has 0 aromatic carbocycles. The first kappa shape index (κ1) is 13.5. The van der Waals surface area contributed by atoms with E-state index in [4.69, 9.17) is 0 Å². The zero-order valence-corrected chi connectivity index (χ0v) is 12.8. The zero-order chi connectivity index (χ0) is 15.2. The molecule has 2 aromatic heterocycles. The molecule has 2 saturated carbocycles. The van der Waals surface area contributed by atoms with Crippen molar-refractivity contribution in [3.8, 4) is 11.4 Å². The summed E-state index contributed by atoms with van der Waals surface area (Å²) in [6.45, 7) is 0. The van der Waals surface area contributed by atoms with E-state index in [1.54, 1.807) is 10.9 Å². The number of carbonyl (C=O) groups is 1. The molecule has 0 aliphatic heterocycles. The maximum atomic E-state index is 12.6. The average molecular weight is 299 g/mol. The Bertz CT molecular complexity index is 695. The third-order valence-corrected chi connectivity index (χ3v) is 5.20. The number of aryl methyl sites for hydroxylation is 1. The Kier molecular flexibility index (Phi) is 3.06. The second-order valence-corrected chi connectivity index (χ2v) is 6.69. The van der Waals surface area contributed by atoms with Crippen molar-refractivity contribution in [3.05, 3.63) is 24.0 Å². The molecule has 1 atom stereocenters. The summed E-state index contributed by atoms with van der Waals surface area (Å²) < 4.78 is 1.72. The third-order valence-electron chi connectivity index (χ3n) is 5.20. The molecule has 6 nitrogen and oxygen atoms in total. The lowest BCUT2D eigenvalue weighted by molar-refractivity contribution is 0.0942. The molecule has 22 heavy (non-hydrogen) atoms. The van der Waals surface area contributed by atoms with Crippen molar-refractivity contribution in [2.24, 2.45) is 12.5 Å². The summed E-state index contributed by atoms with van der Waals surface area (Å²) in [5.74, 6) is -0.0400. The molecule has 2 N–H and O–H groups in total. The summed E-state index contributed by atoms with van der Waals surface area (Å²) in [6.07, 6.45) is 11.1. The van der Waals surface area contributed by atoms with Gasteiger partial charge in [-0.05, 0) is 30.7 Å². The van der Waals surface area contributed by atoms with Gasteiger partial charge in [0, 0.05) is 19.3 Å². The molecule has 1 spiro atoms. The van der Waals surface area contributed by atoms with Gasteiger partial charge in [0.15, 0.2) is 0 Å². The van der Waals surface area contributed by atoms with E-state index in [0.29, 0.717) is 22.7 Å². The number of nitrogens with zero attached hydrogens (tertiary/aromatic N) is 3. The molecule has 0 bridgehead atoms. The summed E-state index contributed by atoms with van der Waals surface area (Å²) >= 11 is 0. The van der Waals surface area contributed by atoms with E-state index in [0.717, 1.165) is 12.1 Å². The highest BCUT2D eigenvalue weighted by atomic mass is 16.1. The van der Waals surface area contributed by atoms with Crippen LogP contribution in [0.5, 0.6) is 0 Å². The van der Waals surface area contributed by atoms with Gasteiger partial charge in [-0.25, -0.2) is 0 Å². The van der Waals surface area contributed by atoms with E-state index in [-0.39, 0.29) is 5.91 Å². The van der Waals surface area contributed by atoms with Crippen molar-refractivity contribution < 1.29 is 4.79 Å². The Morgan fingerprint density at radius 3 is 2.95 bits per heavy atom. The first-order valence-corrected chi connectivity index (χ1v) is 8.02. The normalized spacial score (nSPS) is 22.7. The van der Waals surface area contributed by atoms with Gasteiger partial charge in [-0.15, -0.1) is 0 Å². The summed E-state index contributed by atoms with van der Waals surface area (Å²) in [5.41, 5.74) is 2.41. The standard InChI is InChI=1S/C16H21N5O/c1-21-8-5-12(20-21)14-11(10-17-19-14)15(22)18-13-9-16(13)6-3-2-4-7-16/h5,8,10,13H,2-4,6-7,9H2,1H3,(H,17,19)(H,18,22). The lowest BCUT2D eigenvalue weighted by atomic mass is 9.86. The predicted octanol–water partition coefficient (Wildman–Crippen LogP) is 2.26. The number of nitrogens with one attached hydrogen (secondary N) is 2. The molecule has 2 fully saturated rings. The fourth-order valence-electron chi connectivity index (χ4n) is 3.80. The van der Waals surface area contributed by atoms with Gasteiger partial charge in [0.25, 0.3) is 5.91 Å². The Hall–Kier alpha value is -2.11. The molecule has 0 saturated heterocycles. The number of carbonyl (C=O) groups excluding carboxylic acids is 1.